The van der Waals surface area contributed by atoms with Gasteiger partial charge in [-0.15, -0.1) is 0 Å². The van der Waals surface area contributed by atoms with E-state index in [1.165, 1.54) is 0 Å². The Kier molecular flexibility index (Phi) is 7.33. The van der Waals surface area contributed by atoms with Crippen LogP contribution >= 0.6 is 0 Å². The van der Waals surface area contributed by atoms with Crippen molar-refractivity contribution in [1.29, 1.82) is 0 Å². The fraction of sp³-hybridized carbons (Fsp3) is 0.240. The van der Waals surface area contributed by atoms with Crippen molar-refractivity contribution in [3.05, 3.63) is 90.0 Å². The lowest BCUT2D eigenvalue weighted by atomic mass is 9.95. The Morgan fingerprint density at radius 3 is 1.43 bits per heavy atom. The van der Waals surface area contributed by atoms with Crippen molar-refractivity contribution in [2.75, 3.05) is 10.6 Å². The Labute approximate surface area is 177 Å². The summed E-state index contributed by atoms with van der Waals surface area (Å²) in [6, 6.07) is 24.6. The normalized spacial score (nSPS) is 12.6. The van der Waals surface area contributed by atoms with Gasteiger partial charge in [0, 0.05) is 0 Å². The van der Waals surface area contributed by atoms with Gasteiger partial charge in [-0.2, -0.15) is 0 Å². The smallest absolute Gasteiger partial charge is 0.233 e. The highest BCUT2D eigenvalue weighted by molar-refractivity contribution is 5.97. The third-order valence-electron chi connectivity index (χ3n) is 5.10. The molecule has 30 heavy (non-hydrogen) atoms. The van der Waals surface area contributed by atoms with E-state index in [1.807, 2.05) is 74.5 Å². The summed E-state index contributed by atoms with van der Waals surface area (Å²) in [6.45, 7) is 3.96. The number of rotatable bonds is 8. The predicted molar refractivity (Wildman–Crippen MR) is 120 cm³/mol. The van der Waals surface area contributed by atoms with Gasteiger partial charge in [0.1, 0.15) is 11.6 Å². The van der Waals surface area contributed by atoms with Crippen LogP contribution in [0.15, 0.2) is 78.9 Å². The molecule has 2 amide bonds. The second kappa shape index (κ2) is 10.3. The number of carbonyl (C=O) groups excluding carboxylic acids is 2. The largest absolute Gasteiger partial charge is 0.310 e. The molecule has 3 rings (SSSR count). The van der Waals surface area contributed by atoms with Gasteiger partial charge in [-0.3, -0.25) is 9.59 Å². The number of benzene rings is 2. The Balaban J connectivity index is 1.70. The minimum Gasteiger partial charge on any atom is -0.310 e. The molecule has 1 aromatic heterocycles. The SMILES string of the molecule is CCC(C(=O)Nc1cccc(NC(=O)C(CC)c2ccccc2)n1)c1ccccc1. The second-order valence-corrected chi connectivity index (χ2v) is 7.13. The van der Waals surface area contributed by atoms with Crippen molar-refractivity contribution in [2.45, 2.75) is 38.5 Å². The molecule has 2 N–H and O–H groups in total. The standard InChI is InChI=1S/C25H27N3O2/c1-3-20(18-12-7-5-8-13-18)24(29)27-22-16-11-17-23(26-22)28-25(30)21(4-2)19-14-9-6-10-15-19/h5-17,20-21H,3-4H2,1-2H3,(H2,26,27,28,29,30). The highest BCUT2D eigenvalue weighted by atomic mass is 16.2. The molecule has 0 aliphatic heterocycles. The second-order valence-electron chi connectivity index (χ2n) is 7.13. The highest BCUT2D eigenvalue weighted by Crippen LogP contribution is 2.23. The van der Waals surface area contributed by atoms with Crippen molar-refractivity contribution in [1.82, 2.24) is 4.98 Å². The molecule has 0 fully saturated rings. The summed E-state index contributed by atoms with van der Waals surface area (Å²) in [5.74, 6) is 0.0910. The summed E-state index contributed by atoms with van der Waals surface area (Å²) in [7, 11) is 0. The molecule has 1 heterocycles. The van der Waals surface area contributed by atoms with Gasteiger partial charge in [0.2, 0.25) is 11.8 Å². The van der Waals surface area contributed by atoms with Gasteiger partial charge in [0.05, 0.1) is 11.8 Å². The minimum absolute atomic E-state index is 0.115. The molecule has 3 aromatic rings. The van der Waals surface area contributed by atoms with Crippen molar-refractivity contribution in [2.24, 2.45) is 0 Å². The van der Waals surface area contributed by atoms with Crippen LogP contribution in [-0.2, 0) is 9.59 Å². The first-order chi connectivity index (χ1) is 14.6. The first-order valence-electron chi connectivity index (χ1n) is 10.3. The molecule has 2 unspecified atom stereocenters. The van der Waals surface area contributed by atoms with Gasteiger partial charge in [0.15, 0.2) is 0 Å². The van der Waals surface area contributed by atoms with Crippen LogP contribution in [0.2, 0.25) is 0 Å². The molecule has 0 bridgehead atoms. The number of aromatic nitrogens is 1. The zero-order valence-corrected chi connectivity index (χ0v) is 17.3. The van der Waals surface area contributed by atoms with Crippen molar-refractivity contribution in [3.63, 3.8) is 0 Å². The quantitative estimate of drug-likeness (QED) is 0.535. The van der Waals surface area contributed by atoms with E-state index < -0.39 is 0 Å². The maximum Gasteiger partial charge on any atom is 0.233 e. The topological polar surface area (TPSA) is 71.1 Å². The Hall–Kier alpha value is -3.47. The van der Waals surface area contributed by atoms with E-state index in [1.54, 1.807) is 18.2 Å². The maximum absolute atomic E-state index is 12.8. The lowest BCUT2D eigenvalue weighted by Crippen LogP contribution is -2.23. The van der Waals surface area contributed by atoms with E-state index in [9.17, 15) is 9.59 Å². The Bertz CT molecular complexity index is 897. The number of pyridine rings is 1. The minimum atomic E-state index is -0.256. The van der Waals surface area contributed by atoms with Gasteiger partial charge in [-0.25, -0.2) is 4.98 Å². The summed E-state index contributed by atoms with van der Waals surface area (Å²) >= 11 is 0. The number of amides is 2. The average Bonchev–Trinajstić information content (AvgIpc) is 2.76. The van der Waals surface area contributed by atoms with Crippen LogP contribution in [0.25, 0.3) is 0 Å². The predicted octanol–water partition coefficient (Wildman–Crippen LogP) is 5.35. The van der Waals surface area contributed by atoms with Crippen LogP contribution in [0.5, 0.6) is 0 Å². The number of hydrogen-bond acceptors (Lipinski definition) is 3. The average molecular weight is 402 g/mol. The monoisotopic (exact) mass is 401 g/mol. The molecule has 0 saturated heterocycles. The molecular formula is C25H27N3O2. The number of hydrogen-bond donors (Lipinski definition) is 2. The lowest BCUT2D eigenvalue weighted by molar-refractivity contribution is -0.118. The molecule has 5 heteroatoms. The Morgan fingerprint density at radius 2 is 1.07 bits per heavy atom. The summed E-state index contributed by atoms with van der Waals surface area (Å²) in [4.78, 5) is 30.0. The van der Waals surface area contributed by atoms with E-state index in [-0.39, 0.29) is 23.7 Å². The third-order valence-corrected chi connectivity index (χ3v) is 5.10. The highest BCUT2D eigenvalue weighted by Gasteiger charge is 2.21. The number of carbonyl (C=O) groups is 2. The van der Waals surface area contributed by atoms with Crippen molar-refractivity contribution in [3.8, 4) is 0 Å². The molecule has 0 radical (unpaired) electrons. The molecule has 0 spiro atoms. The van der Waals surface area contributed by atoms with Crippen LogP contribution in [-0.4, -0.2) is 16.8 Å². The van der Waals surface area contributed by atoms with Crippen LogP contribution < -0.4 is 10.6 Å². The lowest BCUT2D eigenvalue weighted by Gasteiger charge is -2.17. The maximum atomic E-state index is 12.8. The van der Waals surface area contributed by atoms with Crippen molar-refractivity contribution >= 4 is 23.5 Å². The number of nitrogens with one attached hydrogen (secondary N) is 2. The third kappa shape index (κ3) is 5.32. The van der Waals surface area contributed by atoms with E-state index >= 15 is 0 Å². The van der Waals surface area contributed by atoms with Gasteiger partial charge >= 0.3 is 0 Å². The molecule has 2 atom stereocenters. The van der Waals surface area contributed by atoms with Crippen LogP contribution in [0.3, 0.4) is 0 Å². The molecule has 0 aliphatic rings. The first kappa shape index (κ1) is 21.2. The van der Waals surface area contributed by atoms with Crippen LogP contribution in [0, 0.1) is 0 Å². The Morgan fingerprint density at radius 1 is 0.667 bits per heavy atom. The van der Waals surface area contributed by atoms with Crippen LogP contribution in [0.1, 0.15) is 49.7 Å². The van der Waals surface area contributed by atoms with E-state index in [2.05, 4.69) is 15.6 Å². The molecule has 0 saturated carbocycles. The van der Waals surface area contributed by atoms with Gasteiger partial charge < -0.3 is 10.6 Å². The molecule has 2 aromatic carbocycles. The first-order valence-corrected chi connectivity index (χ1v) is 10.3. The van der Waals surface area contributed by atoms with E-state index in [0.29, 0.717) is 24.5 Å². The molecule has 154 valence electrons. The van der Waals surface area contributed by atoms with Gasteiger partial charge in [-0.1, -0.05) is 80.6 Å². The van der Waals surface area contributed by atoms with Gasteiger partial charge in [0.25, 0.3) is 0 Å². The number of anilines is 2. The van der Waals surface area contributed by atoms with E-state index in [0.717, 1.165) is 11.1 Å². The van der Waals surface area contributed by atoms with Crippen LogP contribution in [0.4, 0.5) is 11.6 Å². The fourth-order valence-electron chi connectivity index (χ4n) is 3.52. The summed E-state index contributed by atoms with van der Waals surface area (Å²) in [5.41, 5.74) is 1.94. The molecular weight excluding hydrogens is 374 g/mol. The summed E-state index contributed by atoms with van der Waals surface area (Å²) < 4.78 is 0. The zero-order valence-electron chi connectivity index (χ0n) is 17.3. The molecule has 0 aliphatic carbocycles. The number of nitrogens with zero attached hydrogens (tertiary/aromatic N) is 1. The fourth-order valence-corrected chi connectivity index (χ4v) is 3.52. The summed E-state index contributed by atoms with van der Waals surface area (Å²) in [5, 5.41) is 5.76. The summed E-state index contributed by atoms with van der Waals surface area (Å²) in [6.07, 6.45) is 1.36. The van der Waals surface area contributed by atoms with Crippen molar-refractivity contribution < 1.29 is 9.59 Å². The zero-order chi connectivity index (χ0) is 21.3. The van der Waals surface area contributed by atoms with E-state index in [4.69, 9.17) is 0 Å². The molecule has 5 nitrogen and oxygen atoms in total. The van der Waals surface area contributed by atoms with Gasteiger partial charge in [-0.05, 0) is 36.1 Å².